The third-order valence-corrected chi connectivity index (χ3v) is 3.81. The number of aromatic nitrogens is 3. The molecule has 0 spiro atoms. The molecule has 2 rings (SSSR count). The number of pyridine rings is 1. The lowest BCUT2D eigenvalue weighted by molar-refractivity contribution is 0.282. The Balaban J connectivity index is 2.38. The van der Waals surface area contributed by atoms with Gasteiger partial charge >= 0.3 is 0 Å². The SMILES string of the molecule is CC(C)n1nccc1-c1nc(N(C)CCN(C)C)ccc1CO. The highest BCUT2D eigenvalue weighted by atomic mass is 16.3. The van der Waals surface area contributed by atoms with Crippen molar-refractivity contribution >= 4 is 5.82 Å². The third kappa shape index (κ3) is 4.09. The number of anilines is 1. The van der Waals surface area contributed by atoms with Gasteiger partial charge < -0.3 is 14.9 Å². The Morgan fingerprint density at radius 3 is 2.48 bits per heavy atom. The maximum absolute atomic E-state index is 9.66. The van der Waals surface area contributed by atoms with Gasteiger partial charge in [-0.2, -0.15) is 5.10 Å². The summed E-state index contributed by atoms with van der Waals surface area (Å²) >= 11 is 0. The molecule has 0 aromatic carbocycles. The summed E-state index contributed by atoms with van der Waals surface area (Å²) in [5, 5.41) is 14.0. The zero-order chi connectivity index (χ0) is 17.0. The predicted molar refractivity (Wildman–Crippen MR) is 93.6 cm³/mol. The Labute approximate surface area is 138 Å². The molecule has 2 aromatic heterocycles. The van der Waals surface area contributed by atoms with E-state index in [0.29, 0.717) is 0 Å². The minimum Gasteiger partial charge on any atom is -0.392 e. The van der Waals surface area contributed by atoms with Gasteiger partial charge in [0.25, 0.3) is 0 Å². The highest BCUT2D eigenvalue weighted by molar-refractivity contribution is 5.62. The molecule has 6 heteroatoms. The molecule has 0 aliphatic carbocycles. The fourth-order valence-electron chi connectivity index (χ4n) is 2.42. The molecule has 2 heterocycles. The smallest absolute Gasteiger partial charge is 0.129 e. The largest absolute Gasteiger partial charge is 0.392 e. The Bertz CT molecular complexity index is 636. The Morgan fingerprint density at radius 2 is 1.87 bits per heavy atom. The maximum Gasteiger partial charge on any atom is 0.129 e. The topological polar surface area (TPSA) is 57.4 Å². The van der Waals surface area contributed by atoms with E-state index in [9.17, 15) is 5.11 Å². The summed E-state index contributed by atoms with van der Waals surface area (Å²) in [5.74, 6) is 0.899. The number of hydrogen-bond acceptors (Lipinski definition) is 5. The second-order valence-electron chi connectivity index (χ2n) is 6.31. The molecule has 0 aliphatic rings. The normalized spacial score (nSPS) is 11.5. The molecule has 0 saturated carbocycles. The number of nitrogens with zero attached hydrogens (tertiary/aromatic N) is 5. The van der Waals surface area contributed by atoms with Gasteiger partial charge in [0.2, 0.25) is 0 Å². The van der Waals surface area contributed by atoms with Crippen LogP contribution >= 0.6 is 0 Å². The molecule has 0 saturated heterocycles. The summed E-state index contributed by atoms with van der Waals surface area (Å²) < 4.78 is 1.94. The van der Waals surface area contributed by atoms with Crippen molar-refractivity contribution in [2.24, 2.45) is 0 Å². The molecule has 1 N–H and O–H groups in total. The number of aliphatic hydroxyl groups is 1. The van der Waals surface area contributed by atoms with Crippen LogP contribution < -0.4 is 4.90 Å². The zero-order valence-corrected chi connectivity index (χ0v) is 14.7. The van der Waals surface area contributed by atoms with Gasteiger partial charge in [-0.15, -0.1) is 0 Å². The third-order valence-electron chi connectivity index (χ3n) is 3.81. The van der Waals surface area contributed by atoms with Crippen LogP contribution in [0.3, 0.4) is 0 Å². The van der Waals surface area contributed by atoms with Crippen LogP contribution in [0.5, 0.6) is 0 Å². The van der Waals surface area contributed by atoms with Crippen LogP contribution in [-0.4, -0.2) is 59.0 Å². The molecule has 0 aliphatic heterocycles. The lowest BCUT2D eigenvalue weighted by Gasteiger charge is -2.22. The number of aliphatic hydroxyl groups excluding tert-OH is 1. The quantitative estimate of drug-likeness (QED) is 0.846. The zero-order valence-electron chi connectivity index (χ0n) is 14.7. The number of hydrogen-bond donors (Lipinski definition) is 1. The van der Waals surface area contributed by atoms with Crippen LogP contribution in [0.15, 0.2) is 24.4 Å². The van der Waals surface area contributed by atoms with Gasteiger partial charge in [-0.25, -0.2) is 4.98 Å². The Hall–Kier alpha value is -1.92. The van der Waals surface area contributed by atoms with E-state index in [1.807, 2.05) is 29.9 Å². The Kier molecular flexibility index (Phi) is 5.74. The highest BCUT2D eigenvalue weighted by Crippen LogP contribution is 2.26. The van der Waals surface area contributed by atoms with Crippen molar-refractivity contribution in [1.82, 2.24) is 19.7 Å². The van der Waals surface area contributed by atoms with E-state index in [1.54, 1.807) is 6.20 Å². The Morgan fingerprint density at radius 1 is 1.13 bits per heavy atom. The first-order valence-corrected chi connectivity index (χ1v) is 7.94. The minimum atomic E-state index is -0.0344. The van der Waals surface area contributed by atoms with E-state index in [0.717, 1.165) is 35.9 Å². The highest BCUT2D eigenvalue weighted by Gasteiger charge is 2.15. The monoisotopic (exact) mass is 317 g/mol. The van der Waals surface area contributed by atoms with E-state index in [2.05, 4.69) is 42.8 Å². The van der Waals surface area contributed by atoms with Crippen LogP contribution in [0.4, 0.5) is 5.82 Å². The van der Waals surface area contributed by atoms with Gasteiger partial charge in [0, 0.05) is 37.9 Å². The van der Waals surface area contributed by atoms with Crippen LogP contribution in [0, 0.1) is 0 Å². The molecule has 0 unspecified atom stereocenters. The van der Waals surface area contributed by atoms with Gasteiger partial charge in [-0.05, 0) is 40.1 Å². The van der Waals surface area contributed by atoms with Crippen LogP contribution in [0.1, 0.15) is 25.5 Å². The molecule has 0 bridgehead atoms. The van der Waals surface area contributed by atoms with Crippen LogP contribution in [0.2, 0.25) is 0 Å². The molecule has 0 fully saturated rings. The van der Waals surface area contributed by atoms with E-state index in [4.69, 9.17) is 4.98 Å². The predicted octanol–water partition coefficient (Wildman–Crippen LogP) is 2.02. The van der Waals surface area contributed by atoms with Gasteiger partial charge in [-0.3, -0.25) is 4.68 Å². The van der Waals surface area contributed by atoms with E-state index >= 15 is 0 Å². The van der Waals surface area contributed by atoms with E-state index < -0.39 is 0 Å². The van der Waals surface area contributed by atoms with Gasteiger partial charge in [0.05, 0.1) is 18.0 Å². The van der Waals surface area contributed by atoms with Crippen LogP contribution in [-0.2, 0) is 6.61 Å². The molecular weight excluding hydrogens is 290 g/mol. The van der Waals surface area contributed by atoms with E-state index in [1.165, 1.54) is 0 Å². The molecule has 6 nitrogen and oxygen atoms in total. The fraction of sp³-hybridized carbons (Fsp3) is 0.529. The second kappa shape index (κ2) is 7.57. The fourth-order valence-corrected chi connectivity index (χ4v) is 2.42. The van der Waals surface area contributed by atoms with Crippen molar-refractivity contribution in [2.75, 3.05) is 39.1 Å². The number of rotatable bonds is 7. The standard InChI is InChI=1S/C17H27N5O/c1-13(2)22-15(8-9-18-22)17-14(12-23)6-7-16(19-17)21(5)11-10-20(3)4/h6-9,13,23H,10-12H2,1-5H3. The minimum absolute atomic E-state index is 0.0344. The summed E-state index contributed by atoms with van der Waals surface area (Å²) in [6, 6.07) is 6.09. The second-order valence-corrected chi connectivity index (χ2v) is 6.31. The van der Waals surface area contributed by atoms with Gasteiger partial charge in [-0.1, -0.05) is 6.07 Å². The maximum atomic E-state index is 9.66. The average Bonchev–Trinajstić information content (AvgIpc) is 3.01. The first-order valence-electron chi connectivity index (χ1n) is 7.94. The summed E-state index contributed by atoms with van der Waals surface area (Å²) in [6.45, 7) is 5.98. The van der Waals surface area contributed by atoms with Crippen molar-refractivity contribution in [3.8, 4) is 11.4 Å². The summed E-state index contributed by atoms with van der Waals surface area (Å²) in [5.41, 5.74) is 2.55. The molecule has 126 valence electrons. The van der Waals surface area contributed by atoms with E-state index in [-0.39, 0.29) is 12.6 Å². The van der Waals surface area contributed by atoms with Crippen molar-refractivity contribution in [2.45, 2.75) is 26.5 Å². The molecule has 0 atom stereocenters. The van der Waals surface area contributed by atoms with Crippen molar-refractivity contribution in [3.63, 3.8) is 0 Å². The lowest BCUT2D eigenvalue weighted by atomic mass is 10.1. The first kappa shape index (κ1) is 17.4. The first-order chi connectivity index (χ1) is 10.9. The van der Waals surface area contributed by atoms with Crippen molar-refractivity contribution < 1.29 is 5.11 Å². The molecule has 2 aromatic rings. The molecule has 0 radical (unpaired) electrons. The summed E-state index contributed by atoms with van der Waals surface area (Å²) in [6.07, 6.45) is 1.78. The van der Waals surface area contributed by atoms with Gasteiger partial charge in [0.1, 0.15) is 5.82 Å². The van der Waals surface area contributed by atoms with Crippen molar-refractivity contribution in [3.05, 3.63) is 30.0 Å². The van der Waals surface area contributed by atoms with Gasteiger partial charge in [0.15, 0.2) is 0 Å². The average molecular weight is 317 g/mol. The lowest BCUT2D eigenvalue weighted by Crippen LogP contribution is -2.29. The van der Waals surface area contributed by atoms with Crippen molar-refractivity contribution in [1.29, 1.82) is 0 Å². The molecule has 0 amide bonds. The van der Waals surface area contributed by atoms with Crippen LogP contribution in [0.25, 0.3) is 11.4 Å². The molecule has 23 heavy (non-hydrogen) atoms. The summed E-state index contributed by atoms with van der Waals surface area (Å²) in [4.78, 5) is 9.07. The molecular formula is C17H27N5O. The number of likely N-dealkylation sites (N-methyl/N-ethyl adjacent to an activating group) is 2. The summed E-state index contributed by atoms with van der Waals surface area (Å²) in [7, 11) is 6.15.